The number of benzene rings is 1. The van der Waals surface area contributed by atoms with Crippen molar-refractivity contribution < 1.29 is 14.3 Å². The van der Waals surface area contributed by atoms with Gasteiger partial charge in [0.2, 0.25) is 0 Å². The summed E-state index contributed by atoms with van der Waals surface area (Å²) in [6.45, 7) is 1.41. The van der Waals surface area contributed by atoms with E-state index in [4.69, 9.17) is 9.47 Å². The van der Waals surface area contributed by atoms with Gasteiger partial charge in [-0.25, -0.2) is 0 Å². The fraction of sp³-hybridized carbons (Fsp3) is 0.462. The summed E-state index contributed by atoms with van der Waals surface area (Å²) in [4.78, 5) is 11.7. The molecule has 1 amide bonds. The molecule has 0 saturated carbocycles. The number of hydrogen-bond acceptors (Lipinski definition) is 3. The Morgan fingerprint density at radius 1 is 1.18 bits per heavy atom. The number of ether oxygens (including phenoxy) is 2. The quantitative estimate of drug-likeness (QED) is 0.736. The van der Waals surface area contributed by atoms with Crippen molar-refractivity contribution in [2.45, 2.75) is 12.8 Å². The molecule has 0 aliphatic carbocycles. The molecular formula is C13H19NO3. The van der Waals surface area contributed by atoms with Crippen LogP contribution in [0.5, 0.6) is 5.75 Å². The van der Waals surface area contributed by atoms with E-state index in [1.165, 1.54) is 0 Å². The van der Waals surface area contributed by atoms with Crippen molar-refractivity contribution >= 4 is 5.91 Å². The molecule has 0 unspecified atom stereocenters. The monoisotopic (exact) mass is 237 g/mol. The highest BCUT2D eigenvalue weighted by molar-refractivity contribution is 5.94. The molecule has 0 spiro atoms. The molecule has 4 nitrogen and oxygen atoms in total. The molecule has 0 atom stereocenters. The summed E-state index contributed by atoms with van der Waals surface area (Å²) in [5, 5.41) is 2.86. The van der Waals surface area contributed by atoms with E-state index in [2.05, 4.69) is 5.32 Å². The predicted molar refractivity (Wildman–Crippen MR) is 66.4 cm³/mol. The lowest BCUT2D eigenvalue weighted by Gasteiger charge is -2.05. The van der Waals surface area contributed by atoms with Gasteiger partial charge < -0.3 is 14.8 Å². The molecule has 94 valence electrons. The Morgan fingerprint density at radius 3 is 2.47 bits per heavy atom. The molecular weight excluding hydrogens is 218 g/mol. The second-order valence-electron chi connectivity index (χ2n) is 3.68. The molecule has 0 heterocycles. The first-order valence-corrected chi connectivity index (χ1v) is 5.69. The van der Waals surface area contributed by atoms with E-state index >= 15 is 0 Å². The average molecular weight is 237 g/mol. The number of nitrogens with one attached hydrogen (secondary N) is 1. The first-order valence-electron chi connectivity index (χ1n) is 5.69. The van der Waals surface area contributed by atoms with E-state index in [1.807, 2.05) is 0 Å². The smallest absolute Gasteiger partial charge is 0.251 e. The van der Waals surface area contributed by atoms with Crippen molar-refractivity contribution in [3.63, 3.8) is 0 Å². The molecule has 1 aromatic rings. The molecule has 0 aliphatic heterocycles. The fourth-order valence-corrected chi connectivity index (χ4v) is 1.42. The van der Waals surface area contributed by atoms with E-state index in [0.29, 0.717) is 12.1 Å². The summed E-state index contributed by atoms with van der Waals surface area (Å²) < 4.78 is 9.96. The number of rotatable bonds is 7. The third kappa shape index (κ3) is 4.87. The molecule has 1 rings (SSSR count). The molecule has 0 aromatic heterocycles. The summed E-state index contributed by atoms with van der Waals surface area (Å²) in [6.07, 6.45) is 1.88. The summed E-state index contributed by atoms with van der Waals surface area (Å²) in [6, 6.07) is 7.06. The topological polar surface area (TPSA) is 47.6 Å². The van der Waals surface area contributed by atoms with Crippen LogP contribution in [0.4, 0.5) is 0 Å². The van der Waals surface area contributed by atoms with Gasteiger partial charge in [0.25, 0.3) is 5.91 Å². The highest BCUT2D eigenvalue weighted by Gasteiger charge is 2.04. The zero-order valence-electron chi connectivity index (χ0n) is 10.4. The van der Waals surface area contributed by atoms with Crippen molar-refractivity contribution in [2.75, 3.05) is 27.4 Å². The summed E-state index contributed by atoms with van der Waals surface area (Å²) in [7, 11) is 3.28. The van der Waals surface area contributed by atoms with Crippen LogP contribution >= 0.6 is 0 Å². The standard InChI is InChI=1S/C13H19NO3/c1-16-10-4-3-9-14-13(15)11-5-7-12(17-2)8-6-11/h5-8H,3-4,9-10H2,1-2H3,(H,14,15). The molecule has 0 radical (unpaired) electrons. The van der Waals surface area contributed by atoms with Crippen LogP contribution in [0, 0.1) is 0 Å². The van der Waals surface area contributed by atoms with Crippen molar-refractivity contribution in [1.82, 2.24) is 5.32 Å². The van der Waals surface area contributed by atoms with Crippen LogP contribution in [0.2, 0.25) is 0 Å². The minimum absolute atomic E-state index is 0.0509. The van der Waals surface area contributed by atoms with E-state index in [-0.39, 0.29) is 5.91 Å². The molecule has 17 heavy (non-hydrogen) atoms. The average Bonchev–Trinajstić information content (AvgIpc) is 2.38. The third-order valence-electron chi connectivity index (χ3n) is 2.41. The van der Waals surface area contributed by atoms with Crippen molar-refractivity contribution in [3.8, 4) is 5.75 Å². The second-order valence-corrected chi connectivity index (χ2v) is 3.68. The normalized spacial score (nSPS) is 10.0. The Kier molecular flexibility index (Phi) is 6.10. The van der Waals surface area contributed by atoms with E-state index in [1.54, 1.807) is 38.5 Å². The molecule has 0 bridgehead atoms. The molecule has 0 saturated heterocycles. The maximum absolute atomic E-state index is 11.7. The zero-order chi connectivity index (χ0) is 12.5. The van der Waals surface area contributed by atoms with E-state index in [9.17, 15) is 4.79 Å². The minimum atomic E-state index is -0.0509. The second kappa shape index (κ2) is 7.68. The van der Waals surface area contributed by atoms with E-state index < -0.39 is 0 Å². The van der Waals surface area contributed by atoms with Crippen LogP contribution in [-0.2, 0) is 4.74 Å². The van der Waals surface area contributed by atoms with Crippen LogP contribution in [0.1, 0.15) is 23.2 Å². The van der Waals surface area contributed by atoms with Crippen LogP contribution in [-0.4, -0.2) is 33.3 Å². The largest absolute Gasteiger partial charge is 0.497 e. The molecule has 1 aromatic carbocycles. The summed E-state index contributed by atoms with van der Waals surface area (Å²) >= 11 is 0. The van der Waals surface area contributed by atoms with Gasteiger partial charge in [0.1, 0.15) is 5.75 Å². The lowest BCUT2D eigenvalue weighted by molar-refractivity contribution is 0.0951. The minimum Gasteiger partial charge on any atom is -0.497 e. The van der Waals surface area contributed by atoms with Gasteiger partial charge in [-0.2, -0.15) is 0 Å². The number of unbranched alkanes of at least 4 members (excludes halogenated alkanes) is 1. The Balaban J connectivity index is 2.31. The molecule has 1 N–H and O–H groups in total. The lowest BCUT2D eigenvalue weighted by Crippen LogP contribution is -2.24. The highest BCUT2D eigenvalue weighted by Crippen LogP contribution is 2.10. The maximum Gasteiger partial charge on any atom is 0.251 e. The third-order valence-corrected chi connectivity index (χ3v) is 2.41. The SMILES string of the molecule is COCCCCNC(=O)c1ccc(OC)cc1. The first-order chi connectivity index (χ1) is 8.27. The van der Waals surface area contributed by atoms with Gasteiger partial charge >= 0.3 is 0 Å². The van der Waals surface area contributed by atoms with Crippen molar-refractivity contribution in [2.24, 2.45) is 0 Å². The Hall–Kier alpha value is -1.55. The number of carbonyl (C=O) groups excluding carboxylic acids is 1. The zero-order valence-corrected chi connectivity index (χ0v) is 10.4. The van der Waals surface area contributed by atoms with Gasteiger partial charge in [0.15, 0.2) is 0 Å². The fourth-order valence-electron chi connectivity index (χ4n) is 1.42. The molecule has 4 heteroatoms. The molecule has 0 fully saturated rings. The van der Waals surface area contributed by atoms with Crippen molar-refractivity contribution in [1.29, 1.82) is 0 Å². The molecule has 0 aliphatic rings. The lowest BCUT2D eigenvalue weighted by atomic mass is 10.2. The Bertz CT molecular complexity index is 335. The number of amides is 1. The van der Waals surface area contributed by atoms with Gasteiger partial charge in [0.05, 0.1) is 7.11 Å². The number of methoxy groups -OCH3 is 2. The van der Waals surface area contributed by atoms with Crippen LogP contribution < -0.4 is 10.1 Å². The highest BCUT2D eigenvalue weighted by atomic mass is 16.5. The van der Waals surface area contributed by atoms with Gasteiger partial charge in [-0.05, 0) is 37.1 Å². The Morgan fingerprint density at radius 2 is 1.88 bits per heavy atom. The summed E-state index contributed by atoms with van der Waals surface area (Å²) in [5.74, 6) is 0.701. The van der Waals surface area contributed by atoms with Crippen LogP contribution in [0.3, 0.4) is 0 Å². The van der Waals surface area contributed by atoms with Gasteiger partial charge in [0, 0.05) is 25.8 Å². The number of carbonyl (C=O) groups is 1. The van der Waals surface area contributed by atoms with E-state index in [0.717, 1.165) is 25.2 Å². The van der Waals surface area contributed by atoms with Crippen LogP contribution in [0.15, 0.2) is 24.3 Å². The Labute approximate surface area is 102 Å². The van der Waals surface area contributed by atoms with Gasteiger partial charge in [-0.3, -0.25) is 4.79 Å². The first kappa shape index (κ1) is 13.5. The number of hydrogen-bond donors (Lipinski definition) is 1. The van der Waals surface area contributed by atoms with Crippen molar-refractivity contribution in [3.05, 3.63) is 29.8 Å². The van der Waals surface area contributed by atoms with Crippen LogP contribution in [0.25, 0.3) is 0 Å². The van der Waals surface area contributed by atoms with Gasteiger partial charge in [-0.1, -0.05) is 0 Å². The maximum atomic E-state index is 11.7. The van der Waals surface area contributed by atoms with Gasteiger partial charge in [-0.15, -0.1) is 0 Å². The summed E-state index contributed by atoms with van der Waals surface area (Å²) in [5.41, 5.74) is 0.651. The predicted octanol–water partition coefficient (Wildman–Crippen LogP) is 1.85.